The molecule has 1 amide bonds. The molecule has 2 atom stereocenters. The average Bonchev–Trinajstić information content (AvgIpc) is 3.35. The van der Waals surface area contributed by atoms with E-state index < -0.39 is 30.0 Å². The number of fused-ring (bicyclic) bond motifs is 1. The predicted molar refractivity (Wildman–Crippen MR) is 106 cm³/mol. The van der Waals surface area contributed by atoms with E-state index in [0.29, 0.717) is 10.6 Å². The van der Waals surface area contributed by atoms with Crippen LogP contribution in [0.15, 0.2) is 12.7 Å². The molecular formula is C19H24N4O5S. The maximum Gasteiger partial charge on any atom is 0.341 e. The molecule has 2 aromatic heterocycles. The van der Waals surface area contributed by atoms with E-state index in [4.69, 9.17) is 9.47 Å². The summed E-state index contributed by atoms with van der Waals surface area (Å²) in [6, 6.07) is -0.711. The van der Waals surface area contributed by atoms with Crippen molar-refractivity contribution in [1.82, 2.24) is 14.8 Å². The fraction of sp³-hybridized carbons (Fsp3) is 0.526. The number of hydrogen-bond acceptors (Lipinski definition) is 8. The van der Waals surface area contributed by atoms with Crippen LogP contribution in [0.3, 0.4) is 0 Å². The van der Waals surface area contributed by atoms with Gasteiger partial charge in [0.05, 0.1) is 12.2 Å². The number of carbonyl (C=O) groups is 3. The van der Waals surface area contributed by atoms with Crippen LogP contribution < -0.4 is 5.32 Å². The zero-order valence-electron chi connectivity index (χ0n) is 16.6. The van der Waals surface area contributed by atoms with Crippen molar-refractivity contribution < 1.29 is 23.9 Å². The summed E-state index contributed by atoms with van der Waals surface area (Å²) < 4.78 is 11.8. The first kappa shape index (κ1) is 21.0. The Labute approximate surface area is 172 Å². The second-order valence-electron chi connectivity index (χ2n) is 6.76. The Bertz CT molecular complexity index is 893. The van der Waals surface area contributed by atoms with Crippen LogP contribution in [-0.2, 0) is 31.9 Å². The van der Waals surface area contributed by atoms with Gasteiger partial charge < -0.3 is 14.8 Å². The van der Waals surface area contributed by atoms with Crippen molar-refractivity contribution in [2.75, 3.05) is 11.9 Å². The first-order valence-electron chi connectivity index (χ1n) is 9.59. The number of thiophene rings is 1. The minimum absolute atomic E-state index is 0.255. The lowest BCUT2D eigenvalue weighted by atomic mass is 9.95. The lowest BCUT2D eigenvalue weighted by Crippen LogP contribution is -2.32. The quantitative estimate of drug-likeness (QED) is 0.685. The summed E-state index contributed by atoms with van der Waals surface area (Å²) in [4.78, 5) is 42.3. The van der Waals surface area contributed by atoms with Crippen molar-refractivity contribution in [3.8, 4) is 0 Å². The molecule has 29 heavy (non-hydrogen) atoms. The Morgan fingerprint density at radius 1 is 1.28 bits per heavy atom. The number of aryl methyl sites for hydroxylation is 1. The van der Waals surface area contributed by atoms with Gasteiger partial charge in [0.2, 0.25) is 0 Å². The molecule has 156 valence electrons. The number of rotatable bonds is 7. The third kappa shape index (κ3) is 4.64. The van der Waals surface area contributed by atoms with Gasteiger partial charge in [-0.3, -0.25) is 4.79 Å². The van der Waals surface area contributed by atoms with Crippen LogP contribution in [-0.4, -0.2) is 45.3 Å². The summed E-state index contributed by atoms with van der Waals surface area (Å²) in [6.45, 7) is 5.09. The fourth-order valence-electron chi connectivity index (χ4n) is 3.14. The fourth-order valence-corrected chi connectivity index (χ4v) is 4.42. The van der Waals surface area contributed by atoms with Gasteiger partial charge in [0.25, 0.3) is 5.91 Å². The number of nitrogens with one attached hydrogen (secondary N) is 1. The monoisotopic (exact) mass is 420 g/mol. The molecule has 1 aliphatic rings. The van der Waals surface area contributed by atoms with E-state index in [1.807, 2.05) is 0 Å². The average molecular weight is 420 g/mol. The number of ether oxygens (including phenoxy) is 2. The molecule has 1 N–H and O–H groups in total. The van der Waals surface area contributed by atoms with Gasteiger partial charge >= 0.3 is 11.9 Å². The van der Waals surface area contributed by atoms with Gasteiger partial charge in [-0.05, 0) is 52.0 Å². The first-order valence-corrected chi connectivity index (χ1v) is 10.4. The summed E-state index contributed by atoms with van der Waals surface area (Å²) in [5.41, 5.74) is 1.38. The molecular weight excluding hydrogens is 396 g/mol. The smallest absolute Gasteiger partial charge is 0.341 e. The van der Waals surface area contributed by atoms with Crippen molar-refractivity contribution in [3.63, 3.8) is 0 Å². The Morgan fingerprint density at radius 2 is 2.03 bits per heavy atom. The molecule has 0 spiro atoms. The highest BCUT2D eigenvalue weighted by Crippen LogP contribution is 2.38. The van der Waals surface area contributed by atoms with Crippen molar-refractivity contribution in [3.05, 3.63) is 28.7 Å². The summed E-state index contributed by atoms with van der Waals surface area (Å²) in [6.07, 6.45) is 5.39. The Kier molecular flexibility index (Phi) is 6.63. The van der Waals surface area contributed by atoms with Crippen molar-refractivity contribution in [1.29, 1.82) is 0 Å². The topological polar surface area (TPSA) is 112 Å². The Balaban J connectivity index is 1.71. The van der Waals surface area contributed by atoms with Crippen molar-refractivity contribution in [2.45, 2.75) is 58.6 Å². The number of nitrogens with zero attached hydrogens (tertiary/aromatic N) is 3. The van der Waals surface area contributed by atoms with Crippen LogP contribution in [0.5, 0.6) is 0 Å². The zero-order valence-corrected chi connectivity index (χ0v) is 17.5. The molecule has 0 unspecified atom stereocenters. The second kappa shape index (κ2) is 9.17. The maximum absolute atomic E-state index is 12.6. The first-order chi connectivity index (χ1) is 13.9. The summed E-state index contributed by atoms with van der Waals surface area (Å²) >= 11 is 1.39. The van der Waals surface area contributed by atoms with E-state index in [1.54, 1.807) is 13.8 Å². The highest BCUT2D eigenvalue weighted by molar-refractivity contribution is 7.17. The van der Waals surface area contributed by atoms with Crippen LogP contribution in [0, 0.1) is 0 Å². The minimum atomic E-state index is -1.04. The summed E-state index contributed by atoms with van der Waals surface area (Å²) in [7, 11) is 0. The van der Waals surface area contributed by atoms with E-state index >= 15 is 0 Å². The van der Waals surface area contributed by atoms with Crippen LogP contribution in [0.2, 0.25) is 0 Å². The predicted octanol–water partition coefficient (Wildman–Crippen LogP) is 2.53. The number of carbonyl (C=O) groups excluding carboxylic acids is 3. The van der Waals surface area contributed by atoms with Crippen LogP contribution in [0.1, 0.15) is 60.5 Å². The number of esters is 2. The molecule has 0 saturated carbocycles. The van der Waals surface area contributed by atoms with Gasteiger partial charge in [0.1, 0.15) is 23.7 Å². The van der Waals surface area contributed by atoms with E-state index in [-0.39, 0.29) is 6.61 Å². The highest BCUT2D eigenvalue weighted by Gasteiger charge is 2.29. The molecule has 0 fully saturated rings. The normalized spacial score (nSPS) is 15.1. The molecule has 2 aromatic rings. The minimum Gasteiger partial charge on any atom is -0.462 e. The summed E-state index contributed by atoms with van der Waals surface area (Å²) in [5, 5.41) is 7.10. The SMILES string of the molecule is CCOC(=O)c1c(NC(=O)[C@H](C)OC(=O)[C@@H](C)n2cncn2)sc2c1CCCC2. The second-order valence-corrected chi connectivity index (χ2v) is 7.86. The van der Waals surface area contributed by atoms with Gasteiger partial charge in [-0.15, -0.1) is 11.3 Å². The number of anilines is 1. The molecule has 0 aromatic carbocycles. The van der Waals surface area contributed by atoms with E-state index in [2.05, 4.69) is 15.4 Å². The van der Waals surface area contributed by atoms with E-state index in [0.717, 1.165) is 36.1 Å². The molecule has 0 radical (unpaired) electrons. The van der Waals surface area contributed by atoms with Gasteiger partial charge in [-0.1, -0.05) is 0 Å². The molecule has 0 bridgehead atoms. The molecule has 3 rings (SSSR count). The third-order valence-electron chi connectivity index (χ3n) is 4.72. The van der Waals surface area contributed by atoms with E-state index in [1.165, 1.54) is 35.6 Å². The molecule has 2 heterocycles. The number of hydrogen-bond donors (Lipinski definition) is 1. The van der Waals surface area contributed by atoms with Gasteiger partial charge in [-0.2, -0.15) is 5.10 Å². The number of amides is 1. The molecule has 9 nitrogen and oxygen atoms in total. The van der Waals surface area contributed by atoms with Crippen LogP contribution >= 0.6 is 11.3 Å². The summed E-state index contributed by atoms with van der Waals surface area (Å²) in [5.74, 6) is -1.55. The maximum atomic E-state index is 12.6. The standard InChI is InChI=1S/C19H24N4O5S/c1-4-27-19(26)15-13-7-5-6-8-14(13)29-17(15)22-16(24)12(3)28-18(25)11(2)23-10-20-9-21-23/h9-12H,4-8H2,1-3H3,(H,22,24)/t11-,12+/m1/s1. The van der Waals surface area contributed by atoms with Crippen molar-refractivity contribution in [2.24, 2.45) is 0 Å². The van der Waals surface area contributed by atoms with Crippen LogP contribution in [0.25, 0.3) is 0 Å². The molecule has 0 aliphatic heterocycles. The molecule has 10 heteroatoms. The zero-order chi connectivity index (χ0) is 21.0. The van der Waals surface area contributed by atoms with Crippen LogP contribution in [0.4, 0.5) is 5.00 Å². The lowest BCUT2D eigenvalue weighted by molar-refractivity contribution is -0.156. The highest BCUT2D eigenvalue weighted by atomic mass is 32.1. The lowest BCUT2D eigenvalue weighted by Gasteiger charge is -2.16. The van der Waals surface area contributed by atoms with Gasteiger partial charge in [-0.25, -0.2) is 19.3 Å². The van der Waals surface area contributed by atoms with Gasteiger partial charge in [0.15, 0.2) is 6.10 Å². The number of aromatic nitrogens is 3. The van der Waals surface area contributed by atoms with E-state index in [9.17, 15) is 14.4 Å². The Hall–Kier alpha value is -2.75. The van der Waals surface area contributed by atoms with Gasteiger partial charge in [0, 0.05) is 4.88 Å². The molecule has 0 saturated heterocycles. The molecule has 1 aliphatic carbocycles. The Morgan fingerprint density at radius 3 is 2.72 bits per heavy atom. The van der Waals surface area contributed by atoms with Crippen molar-refractivity contribution >= 4 is 34.2 Å². The largest absolute Gasteiger partial charge is 0.462 e. The third-order valence-corrected chi connectivity index (χ3v) is 5.93.